The van der Waals surface area contributed by atoms with Gasteiger partial charge in [0.15, 0.2) is 0 Å². The van der Waals surface area contributed by atoms with Crippen molar-refractivity contribution in [2.24, 2.45) is 0 Å². The molecule has 0 bridgehead atoms. The van der Waals surface area contributed by atoms with E-state index in [0.29, 0.717) is 18.7 Å². The molecule has 3 aromatic rings. The number of amides is 1. The third-order valence-corrected chi connectivity index (χ3v) is 7.94. The standard InChI is InChI=1S/C22H26N4O4S2/c1-5-26(6-2)32(28,29)18-12-10-17(11-13-18)21-24-25-22(30-21)31-14-20(27)23-19-9-7-8-15(3)16(19)4/h7-13H,5-6,14H2,1-4H3,(H,23,27). The molecule has 10 heteroatoms. The molecule has 0 unspecified atom stereocenters. The van der Waals surface area contributed by atoms with Gasteiger partial charge in [0, 0.05) is 24.3 Å². The molecule has 2 aromatic carbocycles. The molecular weight excluding hydrogens is 448 g/mol. The van der Waals surface area contributed by atoms with Gasteiger partial charge in [0.05, 0.1) is 10.6 Å². The molecule has 0 radical (unpaired) electrons. The van der Waals surface area contributed by atoms with Crippen LogP contribution >= 0.6 is 11.8 Å². The number of aryl methyl sites for hydroxylation is 1. The van der Waals surface area contributed by atoms with Crippen molar-refractivity contribution in [1.82, 2.24) is 14.5 Å². The maximum Gasteiger partial charge on any atom is 0.277 e. The molecule has 170 valence electrons. The summed E-state index contributed by atoms with van der Waals surface area (Å²) in [6, 6.07) is 12.1. The molecule has 1 amide bonds. The Morgan fingerprint density at radius 3 is 2.41 bits per heavy atom. The largest absolute Gasteiger partial charge is 0.411 e. The Morgan fingerprint density at radius 2 is 1.75 bits per heavy atom. The molecule has 0 saturated heterocycles. The van der Waals surface area contributed by atoms with Crippen LogP contribution in [-0.2, 0) is 14.8 Å². The van der Waals surface area contributed by atoms with Gasteiger partial charge in [-0.05, 0) is 55.3 Å². The zero-order valence-electron chi connectivity index (χ0n) is 18.5. The van der Waals surface area contributed by atoms with Crippen LogP contribution in [0.3, 0.4) is 0 Å². The molecule has 8 nitrogen and oxygen atoms in total. The number of aromatic nitrogens is 2. The van der Waals surface area contributed by atoms with Crippen LogP contribution in [0.5, 0.6) is 0 Å². The zero-order valence-corrected chi connectivity index (χ0v) is 20.1. The number of anilines is 1. The highest BCUT2D eigenvalue weighted by molar-refractivity contribution is 7.99. The summed E-state index contributed by atoms with van der Waals surface area (Å²) in [7, 11) is -3.53. The predicted molar refractivity (Wildman–Crippen MR) is 125 cm³/mol. The molecule has 0 spiro atoms. The molecule has 0 fully saturated rings. The first kappa shape index (κ1) is 24.0. The number of nitrogens with zero attached hydrogens (tertiary/aromatic N) is 3. The van der Waals surface area contributed by atoms with E-state index in [9.17, 15) is 13.2 Å². The molecule has 3 rings (SSSR count). The van der Waals surface area contributed by atoms with Crippen molar-refractivity contribution in [3.8, 4) is 11.5 Å². The lowest BCUT2D eigenvalue weighted by molar-refractivity contribution is -0.113. The number of hydrogen-bond acceptors (Lipinski definition) is 7. The molecule has 0 atom stereocenters. The Bertz CT molecular complexity index is 1190. The highest BCUT2D eigenvalue weighted by Gasteiger charge is 2.21. The number of hydrogen-bond donors (Lipinski definition) is 1. The van der Waals surface area contributed by atoms with Crippen LogP contribution in [0.25, 0.3) is 11.5 Å². The number of carbonyl (C=O) groups excluding carboxylic acids is 1. The molecular formula is C22H26N4O4S2. The first-order chi connectivity index (χ1) is 15.3. The Morgan fingerprint density at radius 1 is 1.06 bits per heavy atom. The fourth-order valence-corrected chi connectivity index (χ4v) is 5.09. The van der Waals surface area contributed by atoms with Crippen LogP contribution in [0.1, 0.15) is 25.0 Å². The normalized spacial score (nSPS) is 11.7. The SMILES string of the molecule is CCN(CC)S(=O)(=O)c1ccc(-c2nnc(SCC(=O)Nc3cccc(C)c3C)o2)cc1. The van der Waals surface area contributed by atoms with Crippen LogP contribution in [-0.4, -0.2) is 47.7 Å². The molecule has 0 aliphatic heterocycles. The second-order valence-electron chi connectivity index (χ2n) is 7.07. The predicted octanol–water partition coefficient (Wildman–Crippen LogP) is 4.11. The number of carbonyl (C=O) groups is 1. The monoisotopic (exact) mass is 474 g/mol. The van der Waals surface area contributed by atoms with Gasteiger partial charge in [0.2, 0.25) is 21.8 Å². The van der Waals surface area contributed by atoms with Gasteiger partial charge in [-0.3, -0.25) is 4.79 Å². The lowest BCUT2D eigenvalue weighted by Gasteiger charge is -2.18. The van der Waals surface area contributed by atoms with Crippen molar-refractivity contribution < 1.29 is 17.6 Å². The summed E-state index contributed by atoms with van der Waals surface area (Å²) in [4.78, 5) is 12.5. The van der Waals surface area contributed by atoms with E-state index in [1.54, 1.807) is 26.0 Å². The number of rotatable bonds is 9. The first-order valence-corrected chi connectivity index (χ1v) is 12.6. The average molecular weight is 475 g/mol. The number of nitrogens with one attached hydrogen (secondary N) is 1. The summed E-state index contributed by atoms with van der Waals surface area (Å²) in [5.74, 6) is 0.208. The maximum absolute atomic E-state index is 12.6. The van der Waals surface area contributed by atoms with Gasteiger partial charge in [-0.15, -0.1) is 10.2 Å². The highest BCUT2D eigenvalue weighted by atomic mass is 32.2. The van der Waals surface area contributed by atoms with Crippen molar-refractivity contribution in [2.75, 3.05) is 24.2 Å². The van der Waals surface area contributed by atoms with Crippen molar-refractivity contribution in [2.45, 2.75) is 37.8 Å². The molecule has 0 aliphatic carbocycles. The summed E-state index contributed by atoms with van der Waals surface area (Å²) in [5, 5.41) is 11.1. The number of sulfonamides is 1. The van der Waals surface area contributed by atoms with E-state index in [4.69, 9.17) is 4.42 Å². The second kappa shape index (κ2) is 10.3. The van der Waals surface area contributed by atoms with E-state index in [-0.39, 0.29) is 27.7 Å². The Kier molecular flexibility index (Phi) is 7.70. The Balaban J connectivity index is 1.63. The molecule has 1 aromatic heterocycles. The van der Waals surface area contributed by atoms with Gasteiger partial charge >= 0.3 is 0 Å². The quantitative estimate of drug-likeness (QED) is 0.465. The second-order valence-corrected chi connectivity index (χ2v) is 9.94. The van der Waals surface area contributed by atoms with Crippen LogP contribution in [0.15, 0.2) is 57.0 Å². The topological polar surface area (TPSA) is 105 Å². The van der Waals surface area contributed by atoms with Crippen LogP contribution in [0.2, 0.25) is 0 Å². The highest BCUT2D eigenvalue weighted by Crippen LogP contribution is 2.26. The van der Waals surface area contributed by atoms with E-state index in [1.807, 2.05) is 32.0 Å². The number of benzene rings is 2. The lowest BCUT2D eigenvalue weighted by Crippen LogP contribution is -2.30. The lowest BCUT2D eigenvalue weighted by atomic mass is 10.1. The van der Waals surface area contributed by atoms with Crippen molar-refractivity contribution in [3.05, 3.63) is 53.6 Å². The molecule has 32 heavy (non-hydrogen) atoms. The minimum Gasteiger partial charge on any atom is -0.411 e. The fraction of sp³-hybridized carbons (Fsp3) is 0.318. The maximum atomic E-state index is 12.6. The van der Waals surface area contributed by atoms with Gasteiger partial charge in [-0.2, -0.15) is 4.31 Å². The summed E-state index contributed by atoms with van der Waals surface area (Å²) in [5.41, 5.74) is 3.51. The van der Waals surface area contributed by atoms with Gasteiger partial charge in [-0.25, -0.2) is 8.42 Å². The van der Waals surface area contributed by atoms with Crippen LogP contribution in [0.4, 0.5) is 5.69 Å². The van der Waals surface area contributed by atoms with E-state index in [0.717, 1.165) is 28.6 Å². The fourth-order valence-electron chi connectivity index (χ4n) is 3.07. The molecule has 1 N–H and O–H groups in total. The van der Waals surface area contributed by atoms with Gasteiger partial charge in [0.1, 0.15) is 0 Å². The Hall–Kier alpha value is -2.69. The minimum atomic E-state index is -3.53. The van der Waals surface area contributed by atoms with Crippen LogP contribution < -0.4 is 5.32 Å². The number of thioether (sulfide) groups is 1. The summed E-state index contributed by atoms with van der Waals surface area (Å²) < 4.78 is 32.2. The zero-order chi connectivity index (χ0) is 23.3. The smallest absolute Gasteiger partial charge is 0.277 e. The van der Waals surface area contributed by atoms with E-state index >= 15 is 0 Å². The van der Waals surface area contributed by atoms with Crippen molar-refractivity contribution in [3.63, 3.8) is 0 Å². The third kappa shape index (κ3) is 5.37. The van der Waals surface area contributed by atoms with E-state index in [1.165, 1.54) is 16.4 Å². The van der Waals surface area contributed by atoms with E-state index < -0.39 is 10.0 Å². The van der Waals surface area contributed by atoms with Gasteiger partial charge in [0.25, 0.3) is 5.22 Å². The summed E-state index contributed by atoms with van der Waals surface area (Å²) in [6.07, 6.45) is 0. The molecule has 0 aliphatic rings. The van der Waals surface area contributed by atoms with Gasteiger partial charge in [-0.1, -0.05) is 37.7 Å². The third-order valence-electron chi connectivity index (χ3n) is 5.06. The Labute approximate surface area is 192 Å². The van der Waals surface area contributed by atoms with Gasteiger partial charge < -0.3 is 9.73 Å². The van der Waals surface area contributed by atoms with Crippen LogP contribution in [0, 0.1) is 13.8 Å². The summed E-state index contributed by atoms with van der Waals surface area (Å²) in [6.45, 7) is 8.36. The summed E-state index contributed by atoms with van der Waals surface area (Å²) >= 11 is 1.14. The molecule has 0 saturated carbocycles. The van der Waals surface area contributed by atoms with Crippen molar-refractivity contribution >= 4 is 33.4 Å². The average Bonchev–Trinajstić information content (AvgIpc) is 3.25. The van der Waals surface area contributed by atoms with Crippen molar-refractivity contribution in [1.29, 1.82) is 0 Å². The minimum absolute atomic E-state index is 0.121. The first-order valence-electron chi connectivity index (χ1n) is 10.2. The molecule has 1 heterocycles. The van der Waals surface area contributed by atoms with E-state index in [2.05, 4.69) is 15.5 Å².